The van der Waals surface area contributed by atoms with Gasteiger partial charge in [0.1, 0.15) is 6.10 Å². The summed E-state index contributed by atoms with van der Waals surface area (Å²) in [6.45, 7) is 2.96. The molecule has 1 aliphatic carbocycles. The van der Waals surface area contributed by atoms with Crippen LogP contribution in [0.25, 0.3) is 0 Å². The molecule has 2 amide bonds. The van der Waals surface area contributed by atoms with Crippen LogP contribution in [0.2, 0.25) is 0 Å². The van der Waals surface area contributed by atoms with Crippen LogP contribution in [0.1, 0.15) is 25.7 Å². The molecule has 20 heavy (non-hydrogen) atoms. The Morgan fingerprint density at radius 3 is 2.25 bits per heavy atom. The molecular weight excluding hydrogens is 258 g/mol. The highest BCUT2D eigenvalue weighted by Crippen LogP contribution is 2.30. The van der Waals surface area contributed by atoms with E-state index in [9.17, 15) is 9.59 Å². The summed E-state index contributed by atoms with van der Waals surface area (Å²) in [7, 11) is 0. The fourth-order valence-corrected chi connectivity index (χ4v) is 2.98. The van der Waals surface area contributed by atoms with Crippen molar-refractivity contribution >= 4 is 11.8 Å². The van der Waals surface area contributed by atoms with E-state index in [4.69, 9.17) is 9.47 Å². The SMILES string of the molecule is O=C1C=CC(=O)N1CC1CCC(COCC2CO2)CC1. The second kappa shape index (κ2) is 6.06. The lowest BCUT2D eigenvalue weighted by Gasteiger charge is -2.30. The van der Waals surface area contributed by atoms with E-state index < -0.39 is 0 Å². The second-order valence-corrected chi connectivity index (χ2v) is 6.00. The van der Waals surface area contributed by atoms with Gasteiger partial charge in [-0.25, -0.2) is 0 Å². The molecule has 2 aliphatic heterocycles. The Bertz CT molecular complexity index is 390. The van der Waals surface area contributed by atoms with Gasteiger partial charge >= 0.3 is 0 Å². The van der Waals surface area contributed by atoms with E-state index >= 15 is 0 Å². The maximum absolute atomic E-state index is 11.5. The molecule has 0 aromatic heterocycles. The third-order valence-corrected chi connectivity index (χ3v) is 4.37. The van der Waals surface area contributed by atoms with Crippen LogP contribution in [-0.2, 0) is 19.1 Å². The monoisotopic (exact) mass is 279 g/mol. The second-order valence-electron chi connectivity index (χ2n) is 6.00. The van der Waals surface area contributed by atoms with Gasteiger partial charge in [-0.15, -0.1) is 0 Å². The third-order valence-electron chi connectivity index (χ3n) is 4.37. The van der Waals surface area contributed by atoms with E-state index in [-0.39, 0.29) is 11.8 Å². The summed E-state index contributed by atoms with van der Waals surface area (Å²) in [6, 6.07) is 0. The summed E-state index contributed by atoms with van der Waals surface area (Å²) in [4.78, 5) is 24.4. The average Bonchev–Trinajstić information content (AvgIpc) is 3.22. The first kappa shape index (κ1) is 13.8. The van der Waals surface area contributed by atoms with E-state index in [1.54, 1.807) is 0 Å². The molecule has 0 bridgehead atoms. The summed E-state index contributed by atoms with van der Waals surface area (Å²) in [5, 5.41) is 0. The Morgan fingerprint density at radius 2 is 1.65 bits per heavy atom. The summed E-state index contributed by atoms with van der Waals surface area (Å²) in [5.74, 6) is 0.744. The normalized spacial score (nSPS) is 33.0. The van der Waals surface area contributed by atoms with E-state index in [1.165, 1.54) is 17.1 Å². The third kappa shape index (κ3) is 3.46. The quantitative estimate of drug-likeness (QED) is 0.540. The van der Waals surface area contributed by atoms with Crippen LogP contribution >= 0.6 is 0 Å². The van der Waals surface area contributed by atoms with Crippen LogP contribution in [0.4, 0.5) is 0 Å². The van der Waals surface area contributed by atoms with Gasteiger partial charge in [-0.2, -0.15) is 0 Å². The molecule has 1 saturated carbocycles. The highest BCUT2D eigenvalue weighted by Gasteiger charge is 2.29. The number of carbonyl (C=O) groups is 2. The molecular formula is C15H21NO4. The number of epoxide rings is 1. The Balaban J connectivity index is 1.35. The number of ether oxygens (including phenoxy) is 2. The Kier molecular flexibility index (Phi) is 4.17. The van der Waals surface area contributed by atoms with Crippen LogP contribution in [0.3, 0.4) is 0 Å². The van der Waals surface area contributed by atoms with Crippen molar-refractivity contribution in [2.75, 3.05) is 26.4 Å². The van der Waals surface area contributed by atoms with Crippen LogP contribution < -0.4 is 0 Å². The van der Waals surface area contributed by atoms with Crippen LogP contribution in [0, 0.1) is 11.8 Å². The fourth-order valence-electron chi connectivity index (χ4n) is 2.98. The zero-order valence-electron chi connectivity index (χ0n) is 11.6. The molecule has 0 aromatic carbocycles. The van der Waals surface area contributed by atoms with Crippen molar-refractivity contribution in [3.8, 4) is 0 Å². The predicted molar refractivity (Wildman–Crippen MR) is 71.9 cm³/mol. The van der Waals surface area contributed by atoms with Gasteiger partial charge in [-0.1, -0.05) is 0 Å². The number of carbonyl (C=O) groups excluding carboxylic acids is 2. The lowest BCUT2D eigenvalue weighted by molar-refractivity contribution is -0.137. The summed E-state index contributed by atoms with van der Waals surface area (Å²) < 4.78 is 10.8. The van der Waals surface area contributed by atoms with E-state index in [2.05, 4.69) is 0 Å². The van der Waals surface area contributed by atoms with Crippen molar-refractivity contribution in [3.63, 3.8) is 0 Å². The van der Waals surface area contributed by atoms with E-state index in [0.717, 1.165) is 45.5 Å². The molecule has 2 heterocycles. The molecule has 1 saturated heterocycles. The number of hydrogen-bond acceptors (Lipinski definition) is 4. The number of hydrogen-bond donors (Lipinski definition) is 0. The smallest absolute Gasteiger partial charge is 0.253 e. The van der Waals surface area contributed by atoms with Gasteiger partial charge in [0.15, 0.2) is 0 Å². The lowest BCUT2D eigenvalue weighted by Crippen LogP contribution is -2.36. The molecule has 0 aromatic rings. The van der Waals surface area contributed by atoms with Gasteiger partial charge < -0.3 is 9.47 Å². The van der Waals surface area contributed by atoms with Crippen molar-refractivity contribution in [1.82, 2.24) is 4.90 Å². The minimum atomic E-state index is -0.162. The molecule has 0 spiro atoms. The zero-order chi connectivity index (χ0) is 13.9. The molecule has 5 nitrogen and oxygen atoms in total. The number of amides is 2. The van der Waals surface area contributed by atoms with Gasteiger partial charge in [-0.05, 0) is 37.5 Å². The van der Waals surface area contributed by atoms with E-state index in [0.29, 0.717) is 24.5 Å². The average molecular weight is 279 g/mol. The molecule has 5 heteroatoms. The Labute approximate surface area is 118 Å². The first-order valence-corrected chi connectivity index (χ1v) is 7.45. The van der Waals surface area contributed by atoms with Crippen molar-refractivity contribution in [2.45, 2.75) is 31.8 Å². The van der Waals surface area contributed by atoms with Crippen LogP contribution in [-0.4, -0.2) is 49.2 Å². The van der Waals surface area contributed by atoms with Gasteiger partial charge in [0.05, 0.1) is 13.2 Å². The predicted octanol–water partition coefficient (Wildman–Crippen LogP) is 1.13. The maximum Gasteiger partial charge on any atom is 0.253 e. The highest BCUT2D eigenvalue weighted by molar-refractivity contribution is 6.12. The molecule has 1 unspecified atom stereocenters. The largest absolute Gasteiger partial charge is 0.378 e. The summed E-state index contributed by atoms with van der Waals surface area (Å²) in [6.07, 6.45) is 7.46. The Hall–Kier alpha value is -1.20. The molecule has 110 valence electrons. The molecule has 3 aliphatic rings. The van der Waals surface area contributed by atoms with Crippen LogP contribution in [0.5, 0.6) is 0 Å². The Morgan fingerprint density at radius 1 is 1.05 bits per heavy atom. The minimum Gasteiger partial charge on any atom is -0.378 e. The van der Waals surface area contributed by atoms with Gasteiger partial charge in [0, 0.05) is 25.3 Å². The van der Waals surface area contributed by atoms with Crippen LogP contribution in [0.15, 0.2) is 12.2 Å². The first-order valence-electron chi connectivity index (χ1n) is 7.45. The van der Waals surface area contributed by atoms with Gasteiger partial charge in [0.25, 0.3) is 11.8 Å². The highest BCUT2D eigenvalue weighted by atomic mass is 16.6. The summed E-state index contributed by atoms with van der Waals surface area (Å²) >= 11 is 0. The molecule has 3 rings (SSSR count). The van der Waals surface area contributed by atoms with Crippen molar-refractivity contribution in [1.29, 1.82) is 0 Å². The van der Waals surface area contributed by atoms with Crippen molar-refractivity contribution in [2.24, 2.45) is 11.8 Å². The zero-order valence-corrected chi connectivity index (χ0v) is 11.6. The summed E-state index contributed by atoms with van der Waals surface area (Å²) in [5.41, 5.74) is 0. The van der Waals surface area contributed by atoms with Gasteiger partial charge in [-0.3, -0.25) is 14.5 Å². The number of imide groups is 1. The first-order chi connectivity index (χ1) is 9.72. The molecule has 0 N–H and O–H groups in total. The maximum atomic E-state index is 11.5. The fraction of sp³-hybridized carbons (Fsp3) is 0.733. The minimum absolute atomic E-state index is 0.162. The van der Waals surface area contributed by atoms with Crippen molar-refractivity contribution < 1.29 is 19.1 Å². The standard InChI is InChI=1S/C15H21NO4/c17-14-5-6-15(18)16(14)7-11-1-3-12(4-2-11)8-19-9-13-10-20-13/h5-6,11-13H,1-4,7-10H2. The topological polar surface area (TPSA) is 59.1 Å². The van der Waals surface area contributed by atoms with Gasteiger partial charge in [0.2, 0.25) is 0 Å². The number of nitrogens with zero attached hydrogens (tertiary/aromatic N) is 1. The lowest BCUT2D eigenvalue weighted by atomic mass is 9.82. The molecule has 0 radical (unpaired) electrons. The number of rotatable bonds is 6. The molecule has 2 fully saturated rings. The van der Waals surface area contributed by atoms with Crippen molar-refractivity contribution in [3.05, 3.63) is 12.2 Å². The molecule has 1 atom stereocenters. The van der Waals surface area contributed by atoms with E-state index in [1.807, 2.05) is 0 Å².